The molecule has 2 heterocycles. The topological polar surface area (TPSA) is 21.1 Å². The SMILES string of the molecule is Cn1ccnc1CN(Cc1cccs1)C1CC1. The summed E-state index contributed by atoms with van der Waals surface area (Å²) in [6.45, 7) is 2.03. The molecule has 0 aromatic carbocycles. The highest BCUT2D eigenvalue weighted by Crippen LogP contribution is 2.30. The number of aromatic nitrogens is 2. The summed E-state index contributed by atoms with van der Waals surface area (Å²) < 4.78 is 2.11. The maximum absolute atomic E-state index is 4.42. The Morgan fingerprint density at radius 3 is 2.94 bits per heavy atom. The van der Waals surface area contributed by atoms with Crippen LogP contribution < -0.4 is 0 Å². The first-order valence-electron chi connectivity index (χ1n) is 6.05. The van der Waals surface area contributed by atoms with Crippen LogP contribution in [0.3, 0.4) is 0 Å². The third-order valence-corrected chi connectivity index (χ3v) is 4.13. The van der Waals surface area contributed by atoms with Crippen molar-refractivity contribution < 1.29 is 0 Å². The fourth-order valence-corrected chi connectivity index (χ4v) is 2.82. The van der Waals surface area contributed by atoms with Crippen LogP contribution in [0.2, 0.25) is 0 Å². The van der Waals surface area contributed by atoms with Crippen molar-refractivity contribution in [3.8, 4) is 0 Å². The van der Waals surface area contributed by atoms with Crippen molar-refractivity contribution in [1.29, 1.82) is 0 Å². The van der Waals surface area contributed by atoms with Gasteiger partial charge in [-0.25, -0.2) is 4.98 Å². The summed E-state index contributed by atoms with van der Waals surface area (Å²) in [5, 5.41) is 2.15. The molecule has 0 unspecified atom stereocenters. The van der Waals surface area contributed by atoms with Gasteiger partial charge in [-0.1, -0.05) is 6.07 Å². The normalized spacial score (nSPS) is 15.6. The maximum Gasteiger partial charge on any atom is 0.122 e. The molecule has 0 bridgehead atoms. The van der Waals surface area contributed by atoms with E-state index in [4.69, 9.17) is 0 Å². The molecule has 1 aliphatic rings. The quantitative estimate of drug-likeness (QED) is 0.810. The lowest BCUT2D eigenvalue weighted by molar-refractivity contribution is 0.239. The molecule has 0 saturated heterocycles. The second-order valence-corrected chi connectivity index (χ2v) is 5.70. The van der Waals surface area contributed by atoms with E-state index in [9.17, 15) is 0 Å². The van der Waals surface area contributed by atoms with Gasteiger partial charge < -0.3 is 4.57 Å². The van der Waals surface area contributed by atoms with Crippen molar-refractivity contribution in [3.63, 3.8) is 0 Å². The highest BCUT2D eigenvalue weighted by atomic mass is 32.1. The van der Waals surface area contributed by atoms with Gasteiger partial charge in [0.2, 0.25) is 0 Å². The van der Waals surface area contributed by atoms with Crippen molar-refractivity contribution in [2.75, 3.05) is 0 Å². The second-order valence-electron chi connectivity index (χ2n) is 4.67. The molecular weight excluding hydrogens is 230 g/mol. The first-order chi connectivity index (χ1) is 8.33. The van der Waals surface area contributed by atoms with Gasteiger partial charge in [-0.15, -0.1) is 11.3 Å². The van der Waals surface area contributed by atoms with Crippen molar-refractivity contribution in [1.82, 2.24) is 14.5 Å². The van der Waals surface area contributed by atoms with Crippen LogP contribution >= 0.6 is 11.3 Å². The van der Waals surface area contributed by atoms with E-state index in [1.165, 1.54) is 17.7 Å². The van der Waals surface area contributed by atoms with Gasteiger partial charge in [-0.05, 0) is 24.3 Å². The van der Waals surface area contributed by atoms with E-state index in [1.54, 1.807) is 0 Å². The van der Waals surface area contributed by atoms with Gasteiger partial charge in [0.1, 0.15) is 5.82 Å². The Morgan fingerprint density at radius 2 is 2.35 bits per heavy atom. The van der Waals surface area contributed by atoms with Crippen LogP contribution in [0.1, 0.15) is 23.5 Å². The van der Waals surface area contributed by atoms with Crippen LogP contribution in [-0.2, 0) is 20.1 Å². The van der Waals surface area contributed by atoms with E-state index in [-0.39, 0.29) is 0 Å². The predicted molar refractivity (Wildman–Crippen MR) is 69.8 cm³/mol. The zero-order chi connectivity index (χ0) is 11.7. The monoisotopic (exact) mass is 247 g/mol. The molecule has 3 nitrogen and oxygen atoms in total. The van der Waals surface area contributed by atoms with Crippen LogP contribution in [0.25, 0.3) is 0 Å². The van der Waals surface area contributed by atoms with E-state index in [0.717, 1.165) is 25.0 Å². The summed E-state index contributed by atoms with van der Waals surface area (Å²) in [7, 11) is 2.07. The number of hydrogen-bond donors (Lipinski definition) is 0. The lowest BCUT2D eigenvalue weighted by atomic mass is 10.3. The Bertz CT molecular complexity index is 471. The number of nitrogens with zero attached hydrogens (tertiary/aromatic N) is 3. The average Bonchev–Trinajstić information content (AvgIpc) is 2.91. The Morgan fingerprint density at radius 1 is 1.47 bits per heavy atom. The molecule has 0 atom stereocenters. The zero-order valence-corrected chi connectivity index (χ0v) is 10.9. The fourth-order valence-electron chi connectivity index (χ4n) is 2.09. The molecule has 1 fully saturated rings. The van der Waals surface area contributed by atoms with Crippen LogP contribution in [-0.4, -0.2) is 20.5 Å². The smallest absolute Gasteiger partial charge is 0.122 e. The molecule has 17 heavy (non-hydrogen) atoms. The molecule has 1 saturated carbocycles. The zero-order valence-electron chi connectivity index (χ0n) is 10.0. The fraction of sp³-hybridized carbons (Fsp3) is 0.462. The van der Waals surface area contributed by atoms with Crippen molar-refractivity contribution >= 4 is 11.3 Å². The van der Waals surface area contributed by atoms with E-state index in [0.29, 0.717) is 0 Å². The van der Waals surface area contributed by atoms with Crippen molar-refractivity contribution in [3.05, 3.63) is 40.6 Å². The minimum atomic E-state index is 0.772. The Kier molecular flexibility index (Phi) is 2.99. The van der Waals surface area contributed by atoms with Gasteiger partial charge in [0.05, 0.1) is 6.54 Å². The number of hydrogen-bond acceptors (Lipinski definition) is 3. The lowest BCUT2D eigenvalue weighted by Crippen LogP contribution is -2.26. The summed E-state index contributed by atoms with van der Waals surface area (Å²) >= 11 is 1.84. The highest BCUT2D eigenvalue weighted by molar-refractivity contribution is 7.09. The van der Waals surface area contributed by atoms with Gasteiger partial charge in [0.15, 0.2) is 0 Å². The number of imidazole rings is 1. The molecule has 1 aliphatic carbocycles. The summed E-state index contributed by atoms with van der Waals surface area (Å²) in [5.74, 6) is 1.16. The van der Waals surface area contributed by atoms with E-state index >= 15 is 0 Å². The molecule has 0 amide bonds. The van der Waals surface area contributed by atoms with Gasteiger partial charge in [-0.2, -0.15) is 0 Å². The third kappa shape index (κ3) is 2.58. The summed E-state index contributed by atoms with van der Waals surface area (Å²) in [5.41, 5.74) is 0. The Labute approximate surface area is 106 Å². The molecular formula is C13H17N3S. The highest BCUT2D eigenvalue weighted by Gasteiger charge is 2.29. The lowest BCUT2D eigenvalue weighted by Gasteiger charge is -2.20. The number of aryl methyl sites for hydroxylation is 1. The summed E-state index contributed by atoms with van der Waals surface area (Å²) in [6.07, 6.45) is 6.59. The van der Waals surface area contributed by atoms with Crippen molar-refractivity contribution in [2.24, 2.45) is 7.05 Å². The van der Waals surface area contributed by atoms with Crippen LogP contribution in [0.5, 0.6) is 0 Å². The minimum absolute atomic E-state index is 0.772. The van der Waals surface area contributed by atoms with E-state index in [1.807, 2.05) is 23.7 Å². The third-order valence-electron chi connectivity index (χ3n) is 3.27. The average molecular weight is 247 g/mol. The first-order valence-corrected chi connectivity index (χ1v) is 6.93. The molecule has 2 aromatic heterocycles. The largest absolute Gasteiger partial charge is 0.337 e. The predicted octanol–water partition coefficient (Wildman–Crippen LogP) is 2.65. The van der Waals surface area contributed by atoms with Gasteiger partial charge in [-0.3, -0.25) is 4.90 Å². The molecule has 0 radical (unpaired) electrons. The summed E-state index contributed by atoms with van der Waals surface area (Å²) in [4.78, 5) is 8.42. The number of thiophene rings is 1. The standard InChI is InChI=1S/C13H17N3S/c1-15-7-6-14-13(15)10-16(11-4-5-11)9-12-3-2-8-17-12/h2-3,6-8,11H,4-5,9-10H2,1H3. The van der Waals surface area contributed by atoms with Crippen LogP contribution in [0, 0.1) is 0 Å². The number of rotatable bonds is 5. The van der Waals surface area contributed by atoms with Crippen molar-refractivity contribution in [2.45, 2.75) is 32.0 Å². The summed E-state index contributed by atoms with van der Waals surface area (Å²) in [6, 6.07) is 5.12. The minimum Gasteiger partial charge on any atom is -0.337 e. The van der Waals surface area contributed by atoms with Gasteiger partial charge in [0, 0.05) is 36.9 Å². The molecule has 2 aromatic rings. The Balaban J connectivity index is 1.70. The molecule has 0 aliphatic heterocycles. The molecule has 0 N–H and O–H groups in total. The van der Waals surface area contributed by atoms with Crippen LogP contribution in [0.4, 0.5) is 0 Å². The Hall–Kier alpha value is -1.13. The van der Waals surface area contributed by atoms with E-state index < -0.39 is 0 Å². The first kappa shape index (κ1) is 11.0. The molecule has 90 valence electrons. The van der Waals surface area contributed by atoms with Gasteiger partial charge in [0.25, 0.3) is 0 Å². The van der Waals surface area contributed by atoms with E-state index in [2.05, 4.69) is 39.0 Å². The second kappa shape index (κ2) is 4.63. The maximum atomic E-state index is 4.42. The van der Waals surface area contributed by atoms with Crippen LogP contribution in [0.15, 0.2) is 29.9 Å². The molecule has 4 heteroatoms. The molecule has 3 rings (SSSR count). The van der Waals surface area contributed by atoms with Gasteiger partial charge >= 0.3 is 0 Å². The molecule has 0 spiro atoms.